The van der Waals surface area contributed by atoms with Crippen molar-refractivity contribution in [3.63, 3.8) is 0 Å². The monoisotopic (exact) mass is 695 g/mol. The number of likely N-dealkylation sites (tertiary alicyclic amines) is 1. The van der Waals surface area contributed by atoms with Crippen molar-refractivity contribution in [2.75, 3.05) is 12.3 Å². The number of halogens is 3. The summed E-state index contributed by atoms with van der Waals surface area (Å²) in [4.78, 5) is 29.6. The number of hydrogen-bond acceptors (Lipinski definition) is 8. The number of amides is 2. The van der Waals surface area contributed by atoms with E-state index in [0.29, 0.717) is 22.2 Å². The SMILES string of the molecule is C[C@@H]1[C@H](CSc2ncn[nH]2)O[C@H](c2ccc(-c3ccccc3CNC(=O)[C@@H]3CCCN3C(=O)C(F)(F)F)cc2)O[C@@H]1c1ccc(CO)cc1. The lowest BCUT2D eigenvalue weighted by atomic mass is 9.91. The summed E-state index contributed by atoms with van der Waals surface area (Å²) in [5.41, 5.74) is 5.06. The van der Waals surface area contributed by atoms with Crippen LogP contribution in [0.5, 0.6) is 0 Å². The van der Waals surface area contributed by atoms with Crippen molar-refractivity contribution < 1.29 is 37.3 Å². The molecule has 2 aliphatic rings. The van der Waals surface area contributed by atoms with E-state index in [2.05, 4.69) is 27.4 Å². The second kappa shape index (κ2) is 15.1. The summed E-state index contributed by atoms with van der Waals surface area (Å²) < 4.78 is 52.3. The number of ether oxygens (including phenoxy) is 2. The maximum absolute atomic E-state index is 13.1. The third-order valence-electron chi connectivity index (χ3n) is 8.92. The zero-order chi connectivity index (χ0) is 34.5. The van der Waals surface area contributed by atoms with Crippen LogP contribution in [0.4, 0.5) is 13.2 Å². The molecule has 2 amide bonds. The van der Waals surface area contributed by atoms with E-state index in [1.54, 1.807) is 0 Å². The van der Waals surface area contributed by atoms with Crippen LogP contribution in [0.1, 0.15) is 54.4 Å². The maximum atomic E-state index is 13.1. The van der Waals surface area contributed by atoms with Crippen molar-refractivity contribution in [3.8, 4) is 11.1 Å². The summed E-state index contributed by atoms with van der Waals surface area (Å²) in [5, 5.41) is 19.8. The highest BCUT2D eigenvalue weighted by molar-refractivity contribution is 7.99. The first-order valence-corrected chi connectivity index (χ1v) is 16.9. The van der Waals surface area contributed by atoms with Gasteiger partial charge in [0.25, 0.3) is 0 Å². The van der Waals surface area contributed by atoms with E-state index in [0.717, 1.165) is 33.4 Å². The van der Waals surface area contributed by atoms with Crippen LogP contribution < -0.4 is 5.32 Å². The summed E-state index contributed by atoms with van der Waals surface area (Å²) >= 11 is 1.51. The Morgan fingerprint density at radius 3 is 2.47 bits per heavy atom. The zero-order valence-corrected chi connectivity index (χ0v) is 27.4. The van der Waals surface area contributed by atoms with E-state index >= 15 is 0 Å². The molecule has 3 N–H and O–H groups in total. The summed E-state index contributed by atoms with van der Waals surface area (Å²) in [5.74, 6) is -1.99. The molecule has 3 heterocycles. The van der Waals surface area contributed by atoms with Crippen molar-refractivity contribution in [2.24, 2.45) is 5.92 Å². The van der Waals surface area contributed by atoms with Crippen LogP contribution in [0, 0.1) is 5.92 Å². The normalized spacial score (nSPS) is 22.6. The molecule has 14 heteroatoms. The van der Waals surface area contributed by atoms with E-state index in [9.17, 15) is 27.9 Å². The van der Waals surface area contributed by atoms with Crippen LogP contribution >= 0.6 is 11.8 Å². The van der Waals surface area contributed by atoms with Gasteiger partial charge in [-0.2, -0.15) is 18.3 Å². The number of alkyl halides is 3. The van der Waals surface area contributed by atoms with E-state index in [-0.39, 0.29) is 44.2 Å². The van der Waals surface area contributed by atoms with Crippen LogP contribution in [-0.4, -0.2) is 67.6 Å². The molecule has 258 valence electrons. The number of aliphatic hydroxyl groups excluding tert-OH is 1. The predicted molar refractivity (Wildman–Crippen MR) is 175 cm³/mol. The van der Waals surface area contributed by atoms with E-state index < -0.39 is 30.3 Å². The number of carbonyl (C=O) groups is 2. The first kappa shape index (κ1) is 34.6. The molecular formula is C35H36F3N5O5S. The van der Waals surface area contributed by atoms with Crippen LogP contribution in [0.2, 0.25) is 0 Å². The highest BCUT2D eigenvalue weighted by Crippen LogP contribution is 2.43. The zero-order valence-electron chi connectivity index (χ0n) is 26.6. The molecule has 10 nitrogen and oxygen atoms in total. The smallest absolute Gasteiger partial charge is 0.392 e. The lowest BCUT2D eigenvalue weighted by Crippen LogP contribution is -2.50. The minimum atomic E-state index is -5.03. The molecule has 49 heavy (non-hydrogen) atoms. The molecule has 2 fully saturated rings. The molecule has 2 aliphatic heterocycles. The Morgan fingerprint density at radius 2 is 1.78 bits per heavy atom. The minimum Gasteiger partial charge on any atom is -0.392 e. The number of nitrogens with one attached hydrogen (secondary N) is 2. The number of nitrogens with zero attached hydrogens (tertiary/aromatic N) is 3. The molecule has 0 spiro atoms. The molecule has 0 aliphatic carbocycles. The number of thioether (sulfide) groups is 1. The number of aromatic nitrogens is 3. The molecule has 2 saturated heterocycles. The highest BCUT2D eigenvalue weighted by atomic mass is 32.2. The van der Waals surface area contributed by atoms with E-state index in [1.165, 1.54) is 18.1 Å². The fraction of sp³-hybridized carbons (Fsp3) is 0.371. The number of rotatable bonds is 10. The second-order valence-electron chi connectivity index (χ2n) is 12.1. The Bertz CT molecular complexity index is 1720. The minimum absolute atomic E-state index is 0.00379. The summed E-state index contributed by atoms with van der Waals surface area (Å²) in [6, 6.07) is 21.7. The third kappa shape index (κ3) is 7.99. The molecule has 0 unspecified atom stereocenters. The average molecular weight is 696 g/mol. The highest BCUT2D eigenvalue weighted by Gasteiger charge is 2.47. The molecule has 5 atom stereocenters. The van der Waals surface area contributed by atoms with Gasteiger partial charge in [-0.15, -0.1) is 0 Å². The van der Waals surface area contributed by atoms with Crippen LogP contribution in [0.15, 0.2) is 84.3 Å². The standard InChI is InChI=1S/C35H36F3N5O5S/c1-21-29(19-49-34-40-20-41-42-34)47-32(48-30(21)24-10-8-22(18-44)9-11-24)25-14-12-23(13-15-25)27-6-3-2-5-26(27)17-39-31(45)28-7-4-16-43(28)33(46)35(36,37)38/h2-3,5-6,8-15,20-21,28-30,32,44H,4,7,16-19H2,1H3,(H,39,45)(H,40,41,42)/t21-,28+,29+,30+,32+/m1/s1. The number of aliphatic hydroxyl groups is 1. The fourth-order valence-electron chi connectivity index (χ4n) is 6.26. The van der Waals surface area contributed by atoms with Gasteiger partial charge in [-0.3, -0.25) is 14.7 Å². The summed E-state index contributed by atoms with van der Waals surface area (Å²) in [6.07, 6.45) is -4.21. The third-order valence-corrected chi connectivity index (χ3v) is 9.89. The lowest BCUT2D eigenvalue weighted by Gasteiger charge is -2.41. The van der Waals surface area contributed by atoms with Gasteiger partial charge in [0, 0.05) is 30.3 Å². The maximum Gasteiger partial charge on any atom is 0.471 e. The van der Waals surface area contributed by atoms with Gasteiger partial charge in [-0.05, 0) is 40.7 Å². The molecule has 0 bridgehead atoms. The molecule has 6 rings (SSSR count). The van der Waals surface area contributed by atoms with Crippen molar-refractivity contribution in [3.05, 3.63) is 101 Å². The van der Waals surface area contributed by atoms with Gasteiger partial charge in [0.15, 0.2) is 11.4 Å². The lowest BCUT2D eigenvalue weighted by molar-refractivity contribution is -0.268. The van der Waals surface area contributed by atoms with Crippen LogP contribution in [0.25, 0.3) is 11.1 Å². The molecule has 0 saturated carbocycles. The van der Waals surface area contributed by atoms with Gasteiger partial charge in [-0.1, -0.05) is 91.5 Å². The average Bonchev–Trinajstić information content (AvgIpc) is 3.83. The largest absolute Gasteiger partial charge is 0.471 e. The number of H-pyrrole nitrogens is 1. The van der Waals surface area contributed by atoms with E-state index in [1.807, 2.05) is 72.8 Å². The van der Waals surface area contributed by atoms with Crippen molar-refractivity contribution in [1.82, 2.24) is 25.4 Å². The topological polar surface area (TPSA) is 130 Å². The van der Waals surface area contributed by atoms with Gasteiger partial charge < -0.3 is 24.8 Å². The van der Waals surface area contributed by atoms with Gasteiger partial charge in [0.2, 0.25) is 5.91 Å². The number of hydrogen-bond donors (Lipinski definition) is 3. The summed E-state index contributed by atoms with van der Waals surface area (Å²) in [7, 11) is 0. The Balaban J connectivity index is 1.17. The summed E-state index contributed by atoms with van der Waals surface area (Å²) in [6.45, 7) is 2.01. The quantitative estimate of drug-likeness (QED) is 0.180. The van der Waals surface area contributed by atoms with Gasteiger partial charge >= 0.3 is 12.1 Å². The predicted octanol–water partition coefficient (Wildman–Crippen LogP) is 5.72. The second-order valence-corrected chi connectivity index (χ2v) is 13.1. The molecule has 4 aromatic rings. The first-order chi connectivity index (χ1) is 23.6. The molecule has 1 aromatic heterocycles. The Kier molecular flexibility index (Phi) is 10.7. The van der Waals surface area contributed by atoms with Crippen LogP contribution in [-0.2, 0) is 32.2 Å². The molecular weight excluding hydrogens is 659 g/mol. The number of aromatic amines is 1. The van der Waals surface area contributed by atoms with Crippen molar-refractivity contribution in [1.29, 1.82) is 0 Å². The number of carbonyl (C=O) groups excluding carboxylic acids is 2. The Morgan fingerprint density at radius 1 is 1.04 bits per heavy atom. The Labute approximate surface area is 285 Å². The molecule has 3 aromatic carbocycles. The van der Waals surface area contributed by atoms with E-state index in [4.69, 9.17) is 9.47 Å². The number of benzene rings is 3. The fourth-order valence-corrected chi connectivity index (χ4v) is 7.20. The van der Waals surface area contributed by atoms with Crippen molar-refractivity contribution >= 4 is 23.6 Å². The van der Waals surface area contributed by atoms with Gasteiger partial charge in [0.1, 0.15) is 12.4 Å². The van der Waals surface area contributed by atoms with Gasteiger partial charge in [0.05, 0.1) is 18.8 Å². The molecule has 0 radical (unpaired) electrons. The van der Waals surface area contributed by atoms with Crippen LogP contribution in [0.3, 0.4) is 0 Å². The van der Waals surface area contributed by atoms with Crippen molar-refractivity contribution in [2.45, 2.75) is 68.8 Å². The Hall–Kier alpha value is -4.24. The first-order valence-electron chi connectivity index (χ1n) is 15.9. The van der Waals surface area contributed by atoms with Gasteiger partial charge in [-0.25, -0.2) is 4.98 Å².